The molecule has 0 aromatic heterocycles. The lowest BCUT2D eigenvalue weighted by molar-refractivity contribution is 1.10. The van der Waals surface area contributed by atoms with Gasteiger partial charge < -0.3 is 4.90 Å². The third-order valence-electron chi connectivity index (χ3n) is 3.21. The zero-order valence-corrected chi connectivity index (χ0v) is 12.0. The molecule has 1 rings (SSSR count). The van der Waals surface area contributed by atoms with Crippen molar-refractivity contribution in [2.24, 2.45) is 4.99 Å². The van der Waals surface area contributed by atoms with Gasteiger partial charge in [-0.05, 0) is 55.7 Å². The second-order valence-corrected chi connectivity index (χ2v) is 4.53. The zero-order chi connectivity index (χ0) is 13.7. The molecule has 96 valence electrons. The highest BCUT2D eigenvalue weighted by Crippen LogP contribution is 2.23. The van der Waals surface area contributed by atoms with Crippen molar-refractivity contribution in [2.75, 3.05) is 19.0 Å². The molecule has 2 nitrogen and oxygen atoms in total. The number of rotatable bonds is 4. The van der Waals surface area contributed by atoms with Crippen LogP contribution in [0.15, 0.2) is 47.1 Å². The molecule has 0 fully saturated rings. The molecule has 0 saturated carbocycles. The Hall–Kier alpha value is -1.83. The molecule has 0 aliphatic heterocycles. The molecule has 0 saturated heterocycles. The summed E-state index contributed by atoms with van der Waals surface area (Å²) in [4.78, 5) is 6.05. The summed E-state index contributed by atoms with van der Waals surface area (Å²) in [6.07, 6.45) is 3.76. The number of likely N-dealkylation sites (N-methyl/N-ethyl adjacent to an activating group) is 1. The molecule has 0 atom stereocenters. The van der Waals surface area contributed by atoms with Gasteiger partial charge in [-0.2, -0.15) is 0 Å². The fourth-order valence-corrected chi connectivity index (χ4v) is 1.64. The minimum absolute atomic E-state index is 0.984. The van der Waals surface area contributed by atoms with Gasteiger partial charge in [-0.1, -0.05) is 12.6 Å². The van der Waals surface area contributed by atoms with Gasteiger partial charge in [0.05, 0.1) is 0 Å². The number of allylic oxidation sites excluding steroid dienone is 2. The Morgan fingerprint density at radius 3 is 2.50 bits per heavy atom. The molecule has 0 N–H and O–H groups in total. The molecule has 1 aromatic rings. The van der Waals surface area contributed by atoms with Gasteiger partial charge in [0, 0.05) is 31.7 Å². The summed E-state index contributed by atoms with van der Waals surface area (Å²) < 4.78 is 0. The summed E-state index contributed by atoms with van der Waals surface area (Å²) in [6, 6.07) is 6.44. The highest BCUT2D eigenvalue weighted by Gasteiger charge is 2.07. The van der Waals surface area contributed by atoms with E-state index in [0.29, 0.717) is 0 Å². The first kappa shape index (κ1) is 14.2. The zero-order valence-electron chi connectivity index (χ0n) is 12.0. The number of nitrogens with zero attached hydrogens (tertiary/aromatic N) is 2. The third-order valence-corrected chi connectivity index (χ3v) is 3.21. The van der Waals surface area contributed by atoms with Crippen molar-refractivity contribution in [3.05, 3.63) is 53.3 Å². The van der Waals surface area contributed by atoms with E-state index >= 15 is 0 Å². The normalized spacial score (nSPS) is 11.9. The Balaban J connectivity index is 2.96. The Morgan fingerprint density at radius 1 is 1.28 bits per heavy atom. The van der Waals surface area contributed by atoms with E-state index < -0.39 is 0 Å². The number of aliphatic imine (C=N–C) groups is 1. The lowest BCUT2D eigenvalue weighted by Crippen LogP contribution is -2.16. The molecule has 0 heterocycles. The molecular weight excluding hydrogens is 220 g/mol. The van der Waals surface area contributed by atoms with E-state index in [1.165, 1.54) is 11.1 Å². The summed E-state index contributed by atoms with van der Waals surface area (Å²) in [5.74, 6) is 0. The summed E-state index contributed by atoms with van der Waals surface area (Å²) in [5.41, 5.74) is 5.86. The summed E-state index contributed by atoms with van der Waals surface area (Å²) in [7, 11) is 3.80. The van der Waals surface area contributed by atoms with Crippen LogP contribution in [0.1, 0.15) is 18.1 Å². The summed E-state index contributed by atoms with van der Waals surface area (Å²) in [6.45, 7) is 10.4. The lowest BCUT2D eigenvalue weighted by Gasteiger charge is -2.23. The SMILES string of the molecule is C=C(/C(C)=C/C=NC)N(C)c1ccc(C)c(C)c1. The molecule has 0 unspecified atom stereocenters. The van der Waals surface area contributed by atoms with Gasteiger partial charge in [0.2, 0.25) is 0 Å². The molecule has 0 radical (unpaired) electrons. The Kier molecular flexibility index (Phi) is 4.90. The van der Waals surface area contributed by atoms with Crippen LogP contribution in [0.3, 0.4) is 0 Å². The monoisotopic (exact) mass is 242 g/mol. The smallest absolute Gasteiger partial charge is 0.0410 e. The summed E-state index contributed by atoms with van der Waals surface area (Å²) >= 11 is 0. The van der Waals surface area contributed by atoms with Crippen LogP contribution < -0.4 is 4.90 Å². The average molecular weight is 242 g/mol. The largest absolute Gasteiger partial charge is 0.345 e. The van der Waals surface area contributed by atoms with Gasteiger partial charge in [0.15, 0.2) is 0 Å². The first-order valence-electron chi connectivity index (χ1n) is 6.06. The Morgan fingerprint density at radius 2 is 1.94 bits per heavy atom. The maximum atomic E-state index is 4.13. The topological polar surface area (TPSA) is 15.6 Å². The van der Waals surface area contributed by atoms with E-state index in [1.807, 2.05) is 20.0 Å². The maximum absolute atomic E-state index is 4.13. The predicted octanol–water partition coefficient (Wildman–Crippen LogP) is 3.90. The number of hydrogen-bond acceptors (Lipinski definition) is 2. The molecule has 18 heavy (non-hydrogen) atoms. The Labute approximate surface area is 110 Å². The molecule has 0 aliphatic rings. The molecule has 0 aliphatic carbocycles. The van der Waals surface area contributed by atoms with Gasteiger partial charge in [-0.25, -0.2) is 0 Å². The van der Waals surface area contributed by atoms with Crippen LogP contribution in [-0.4, -0.2) is 20.3 Å². The van der Waals surface area contributed by atoms with Crippen molar-refractivity contribution in [3.8, 4) is 0 Å². The minimum Gasteiger partial charge on any atom is -0.345 e. The maximum Gasteiger partial charge on any atom is 0.0410 e. The molecule has 0 bridgehead atoms. The van der Waals surface area contributed by atoms with Gasteiger partial charge >= 0.3 is 0 Å². The fraction of sp³-hybridized carbons (Fsp3) is 0.312. The first-order valence-corrected chi connectivity index (χ1v) is 6.06. The number of hydrogen-bond donors (Lipinski definition) is 0. The van der Waals surface area contributed by atoms with Gasteiger partial charge in [0.1, 0.15) is 0 Å². The highest BCUT2D eigenvalue weighted by atomic mass is 15.1. The van der Waals surface area contributed by atoms with Crippen molar-refractivity contribution < 1.29 is 0 Å². The Bertz CT molecular complexity index is 496. The predicted molar refractivity (Wildman–Crippen MR) is 81.6 cm³/mol. The van der Waals surface area contributed by atoms with Crippen LogP contribution in [0.2, 0.25) is 0 Å². The van der Waals surface area contributed by atoms with Crippen LogP contribution >= 0.6 is 0 Å². The molecule has 2 heteroatoms. The van der Waals surface area contributed by atoms with Crippen molar-refractivity contribution in [3.63, 3.8) is 0 Å². The van der Waals surface area contributed by atoms with Gasteiger partial charge in [-0.3, -0.25) is 4.99 Å². The van der Waals surface area contributed by atoms with Crippen molar-refractivity contribution in [1.29, 1.82) is 0 Å². The molecule has 0 spiro atoms. The number of benzene rings is 1. The number of aryl methyl sites for hydroxylation is 2. The van der Waals surface area contributed by atoms with Crippen molar-refractivity contribution >= 4 is 11.9 Å². The average Bonchev–Trinajstić information content (AvgIpc) is 2.37. The summed E-state index contributed by atoms with van der Waals surface area (Å²) in [5, 5.41) is 0. The van der Waals surface area contributed by atoms with Crippen LogP contribution in [0, 0.1) is 13.8 Å². The van der Waals surface area contributed by atoms with E-state index in [9.17, 15) is 0 Å². The third kappa shape index (κ3) is 3.33. The van der Waals surface area contributed by atoms with E-state index in [-0.39, 0.29) is 0 Å². The van der Waals surface area contributed by atoms with E-state index in [1.54, 1.807) is 13.3 Å². The van der Waals surface area contributed by atoms with Crippen molar-refractivity contribution in [1.82, 2.24) is 0 Å². The van der Waals surface area contributed by atoms with E-state index in [2.05, 4.69) is 48.5 Å². The standard InChI is InChI=1S/C16H22N2/c1-12-7-8-16(11-14(12)3)18(6)15(4)13(2)9-10-17-5/h7-11H,4H2,1-3,5-6H3/b13-9+,17-10?. The van der Waals surface area contributed by atoms with Crippen LogP contribution in [0.25, 0.3) is 0 Å². The van der Waals surface area contributed by atoms with Gasteiger partial charge in [0.25, 0.3) is 0 Å². The van der Waals surface area contributed by atoms with Crippen LogP contribution in [-0.2, 0) is 0 Å². The second kappa shape index (κ2) is 6.20. The second-order valence-electron chi connectivity index (χ2n) is 4.53. The molecule has 1 aromatic carbocycles. The number of anilines is 1. The van der Waals surface area contributed by atoms with Crippen LogP contribution in [0.5, 0.6) is 0 Å². The lowest BCUT2D eigenvalue weighted by atomic mass is 10.1. The minimum atomic E-state index is 0.984. The quantitative estimate of drug-likeness (QED) is 0.577. The van der Waals surface area contributed by atoms with Crippen LogP contribution in [0.4, 0.5) is 5.69 Å². The first-order chi connectivity index (χ1) is 8.47. The molecular formula is C16H22N2. The molecule has 0 amide bonds. The van der Waals surface area contributed by atoms with E-state index in [4.69, 9.17) is 0 Å². The highest BCUT2D eigenvalue weighted by molar-refractivity contribution is 5.74. The van der Waals surface area contributed by atoms with Gasteiger partial charge in [-0.15, -0.1) is 0 Å². The van der Waals surface area contributed by atoms with E-state index in [0.717, 1.165) is 17.0 Å². The fourth-order valence-electron chi connectivity index (χ4n) is 1.64. The van der Waals surface area contributed by atoms with Crippen molar-refractivity contribution in [2.45, 2.75) is 20.8 Å².